The van der Waals surface area contributed by atoms with Crippen molar-refractivity contribution in [1.29, 1.82) is 0 Å². The van der Waals surface area contributed by atoms with Crippen molar-refractivity contribution in [2.75, 3.05) is 5.88 Å². The van der Waals surface area contributed by atoms with Gasteiger partial charge in [0.25, 0.3) is 0 Å². The van der Waals surface area contributed by atoms with Gasteiger partial charge < -0.3 is 0 Å². The summed E-state index contributed by atoms with van der Waals surface area (Å²) in [4.78, 5) is 0.292. The molecule has 0 heterocycles. The van der Waals surface area contributed by atoms with Crippen LogP contribution in [0.3, 0.4) is 0 Å². The molecule has 0 aromatic heterocycles. The van der Waals surface area contributed by atoms with Gasteiger partial charge in [0.1, 0.15) is 0 Å². The molecule has 1 aliphatic carbocycles. The molecular weight excluding hydrogens is 350 g/mol. The van der Waals surface area contributed by atoms with Gasteiger partial charge in [-0.15, -0.1) is 11.6 Å². The highest BCUT2D eigenvalue weighted by atomic mass is 79.9. The van der Waals surface area contributed by atoms with Gasteiger partial charge >= 0.3 is 0 Å². The minimum Gasteiger partial charge on any atom is -0.208 e. The first-order valence-electron chi connectivity index (χ1n) is 6.37. The zero-order valence-electron chi connectivity index (χ0n) is 10.5. The summed E-state index contributed by atoms with van der Waals surface area (Å²) in [5, 5.41) is 0. The summed E-state index contributed by atoms with van der Waals surface area (Å²) in [7, 11) is -3.46. The van der Waals surface area contributed by atoms with Crippen LogP contribution in [0.15, 0.2) is 33.6 Å². The highest BCUT2D eigenvalue weighted by Crippen LogP contribution is 2.27. The van der Waals surface area contributed by atoms with Crippen molar-refractivity contribution < 1.29 is 8.42 Å². The first-order chi connectivity index (χ1) is 9.03. The molecule has 2 atom stereocenters. The van der Waals surface area contributed by atoms with Gasteiger partial charge in [0.2, 0.25) is 10.0 Å². The number of halogens is 2. The summed E-state index contributed by atoms with van der Waals surface area (Å²) in [6, 6.07) is 6.70. The van der Waals surface area contributed by atoms with Crippen LogP contribution in [0.4, 0.5) is 0 Å². The second-order valence-electron chi connectivity index (χ2n) is 4.88. The molecule has 0 bridgehead atoms. The van der Waals surface area contributed by atoms with Crippen LogP contribution >= 0.6 is 27.5 Å². The zero-order valence-corrected chi connectivity index (χ0v) is 13.6. The first-order valence-corrected chi connectivity index (χ1v) is 9.18. The molecule has 6 heteroatoms. The van der Waals surface area contributed by atoms with Gasteiger partial charge in [0, 0.05) is 16.4 Å². The number of rotatable bonds is 4. The number of sulfonamides is 1. The molecule has 1 aliphatic rings. The van der Waals surface area contributed by atoms with E-state index in [0.29, 0.717) is 10.8 Å². The van der Waals surface area contributed by atoms with Crippen molar-refractivity contribution in [1.82, 2.24) is 4.72 Å². The van der Waals surface area contributed by atoms with E-state index in [1.54, 1.807) is 24.3 Å². The number of hydrogen-bond acceptors (Lipinski definition) is 2. The molecule has 0 saturated heterocycles. The van der Waals surface area contributed by atoms with Crippen molar-refractivity contribution >= 4 is 37.6 Å². The summed E-state index contributed by atoms with van der Waals surface area (Å²) in [6.07, 6.45) is 4.05. The van der Waals surface area contributed by atoms with E-state index in [-0.39, 0.29) is 12.0 Å². The maximum atomic E-state index is 12.3. The van der Waals surface area contributed by atoms with Crippen LogP contribution < -0.4 is 4.72 Å². The number of nitrogens with one attached hydrogen (secondary N) is 1. The van der Waals surface area contributed by atoms with Gasteiger partial charge in [-0.05, 0) is 37.0 Å². The smallest absolute Gasteiger partial charge is 0.208 e. The number of benzene rings is 1. The summed E-state index contributed by atoms with van der Waals surface area (Å²) in [5.41, 5.74) is 0. The molecule has 1 aromatic carbocycles. The van der Waals surface area contributed by atoms with E-state index in [2.05, 4.69) is 20.7 Å². The Kier molecular flexibility index (Phi) is 5.29. The first kappa shape index (κ1) is 15.3. The lowest BCUT2D eigenvalue weighted by Crippen LogP contribution is -2.42. The molecule has 1 aromatic rings. The average molecular weight is 367 g/mol. The van der Waals surface area contributed by atoms with Crippen molar-refractivity contribution in [2.45, 2.75) is 36.6 Å². The standard InChI is InChI=1S/C13H17BrClNO2S/c14-11-5-3-6-12(8-11)19(17,18)16-13-7-2-1-4-10(13)9-15/h3,5-6,8,10,13,16H,1-2,4,7,9H2. The van der Waals surface area contributed by atoms with Crippen molar-refractivity contribution in [3.63, 3.8) is 0 Å². The molecule has 1 fully saturated rings. The Hall–Kier alpha value is -0.100. The van der Waals surface area contributed by atoms with Crippen LogP contribution in [0.1, 0.15) is 25.7 Å². The molecule has 2 rings (SSSR count). The van der Waals surface area contributed by atoms with Crippen molar-refractivity contribution in [3.05, 3.63) is 28.7 Å². The SMILES string of the molecule is O=S(=O)(NC1CCCCC1CCl)c1cccc(Br)c1. The molecule has 2 unspecified atom stereocenters. The lowest BCUT2D eigenvalue weighted by Gasteiger charge is -2.30. The largest absolute Gasteiger partial charge is 0.240 e. The summed E-state index contributed by atoms with van der Waals surface area (Å²) in [5.74, 6) is 0.739. The second-order valence-corrected chi connectivity index (χ2v) is 7.82. The fraction of sp³-hybridized carbons (Fsp3) is 0.538. The Morgan fingerprint density at radius 1 is 1.32 bits per heavy atom. The monoisotopic (exact) mass is 365 g/mol. The van der Waals surface area contributed by atoms with Gasteiger partial charge in [-0.25, -0.2) is 13.1 Å². The van der Waals surface area contributed by atoms with Crippen LogP contribution in [0.25, 0.3) is 0 Å². The number of hydrogen-bond donors (Lipinski definition) is 1. The van der Waals surface area contributed by atoms with E-state index < -0.39 is 10.0 Å². The Morgan fingerprint density at radius 3 is 2.74 bits per heavy atom. The highest BCUT2D eigenvalue weighted by Gasteiger charge is 2.28. The maximum Gasteiger partial charge on any atom is 0.240 e. The molecule has 106 valence electrons. The molecule has 0 aliphatic heterocycles. The predicted molar refractivity (Wildman–Crippen MR) is 80.9 cm³/mol. The summed E-state index contributed by atoms with van der Waals surface area (Å²) < 4.78 is 28.2. The van der Waals surface area contributed by atoms with E-state index in [1.165, 1.54) is 0 Å². The van der Waals surface area contributed by atoms with Crippen LogP contribution in [-0.2, 0) is 10.0 Å². The molecule has 1 N–H and O–H groups in total. The highest BCUT2D eigenvalue weighted by molar-refractivity contribution is 9.10. The Labute approximate surface area is 127 Å². The van der Waals surface area contributed by atoms with Gasteiger partial charge in [-0.1, -0.05) is 34.8 Å². The van der Waals surface area contributed by atoms with Crippen LogP contribution in [0.5, 0.6) is 0 Å². The zero-order chi connectivity index (χ0) is 13.9. The predicted octanol–water partition coefficient (Wildman–Crippen LogP) is 3.53. The van der Waals surface area contributed by atoms with E-state index in [1.807, 2.05) is 0 Å². The summed E-state index contributed by atoms with van der Waals surface area (Å²) in [6.45, 7) is 0. The number of alkyl halides is 1. The fourth-order valence-corrected chi connectivity index (χ4v) is 4.75. The third-order valence-corrected chi connectivity index (χ3v) is 5.90. The summed E-state index contributed by atoms with van der Waals surface area (Å²) >= 11 is 9.22. The van der Waals surface area contributed by atoms with Crippen molar-refractivity contribution in [3.8, 4) is 0 Å². The molecule has 0 radical (unpaired) electrons. The Morgan fingerprint density at radius 2 is 2.05 bits per heavy atom. The van der Waals surface area contributed by atoms with Crippen LogP contribution in [0.2, 0.25) is 0 Å². The lowest BCUT2D eigenvalue weighted by molar-refractivity contribution is 0.314. The molecular formula is C13H17BrClNO2S. The topological polar surface area (TPSA) is 46.2 Å². The van der Waals surface area contributed by atoms with E-state index in [0.717, 1.165) is 30.2 Å². The minimum atomic E-state index is -3.46. The van der Waals surface area contributed by atoms with Gasteiger partial charge in [0.15, 0.2) is 0 Å². The quantitative estimate of drug-likeness (QED) is 0.829. The maximum absolute atomic E-state index is 12.3. The van der Waals surface area contributed by atoms with E-state index in [4.69, 9.17) is 11.6 Å². The molecule has 19 heavy (non-hydrogen) atoms. The average Bonchev–Trinajstić information content (AvgIpc) is 2.39. The third kappa shape index (κ3) is 3.94. The van der Waals surface area contributed by atoms with Gasteiger partial charge in [-0.2, -0.15) is 0 Å². The fourth-order valence-electron chi connectivity index (χ4n) is 2.45. The molecule has 1 saturated carbocycles. The Balaban J connectivity index is 2.16. The third-order valence-electron chi connectivity index (χ3n) is 3.52. The van der Waals surface area contributed by atoms with Crippen LogP contribution in [-0.4, -0.2) is 20.3 Å². The lowest BCUT2D eigenvalue weighted by atomic mass is 9.86. The molecule has 0 amide bonds. The van der Waals surface area contributed by atoms with Crippen LogP contribution in [0, 0.1) is 5.92 Å². The molecule has 0 spiro atoms. The van der Waals surface area contributed by atoms with Crippen molar-refractivity contribution in [2.24, 2.45) is 5.92 Å². The minimum absolute atomic E-state index is 0.0461. The van der Waals surface area contributed by atoms with E-state index in [9.17, 15) is 8.42 Å². The van der Waals surface area contributed by atoms with Gasteiger partial charge in [0.05, 0.1) is 4.90 Å². The van der Waals surface area contributed by atoms with Gasteiger partial charge in [-0.3, -0.25) is 0 Å². The Bertz CT molecular complexity index is 535. The molecule has 3 nitrogen and oxygen atoms in total. The van der Waals surface area contributed by atoms with E-state index >= 15 is 0 Å². The normalized spacial score (nSPS) is 24.3. The second kappa shape index (κ2) is 6.57.